The maximum absolute atomic E-state index is 11.3. The number of hydrogen-bond acceptors (Lipinski definition) is 3. The smallest absolute Gasteiger partial charge is 0.407 e. The zero-order chi connectivity index (χ0) is 10.7. The molecule has 0 saturated carbocycles. The van der Waals surface area contributed by atoms with Gasteiger partial charge in [-0.05, 0) is 25.2 Å². The van der Waals surface area contributed by atoms with Crippen molar-refractivity contribution in [2.45, 2.75) is 19.4 Å². The lowest BCUT2D eigenvalue weighted by Gasteiger charge is -2.29. The van der Waals surface area contributed by atoms with Crippen LogP contribution in [0.3, 0.4) is 0 Å². The van der Waals surface area contributed by atoms with E-state index in [-0.39, 0.29) is 12.1 Å². The van der Waals surface area contributed by atoms with Crippen LogP contribution in [-0.2, 0) is 4.74 Å². The van der Waals surface area contributed by atoms with Crippen LogP contribution in [0.5, 0.6) is 0 Å². The van der Waals surface area contributed by atoms with Gasteiger partial charge in [-0.3, -0.25) is 0 Å². The van der Waals surface area contributed by atoms with E-state index in [9.17, 15) is 4.79 Å². The van der Waals surface area contributed by atoms with Crippen molar-refractivity contribution in [2.24, 2.45) is 11.8 Å². The highest BCUT2D eigenvalue weighted by Crippen LogP contribution is 2.27. The summed E-state index contributed by atoms with van der Waals surface area (Å²) in [4.78, 5) is 11.3. The number of hydrogen-bond donors (Lipinski definition) is 2. The molecule has 0 radical (unpaired) electrons. The van der Waals surface area contributed by atoms with E-state index in [0.717, 1.165) is 19.5 Å². The van der Waals surface area contributed by atoms with E-state index >= 15 is 0 Å². The highest BCUT2D eigenvalue weighted by Gasteiger charge is 2.34. The maximum atomic E-state index is 11.3. The molecule has 0 aromatic heterocycles. The number of rotatable bonds is 2. The lowest BCUT2D eigenvalue weighted by atomic mass is 9.83. The molecule has 1 heterocycles. The van der Waals surface area contributed by atoms with Crippen molar-refractivity contribution in [1.29, 1.82) is 0 Å². The largest absolute Gasteiger partial charge is 0.450 e. The van der Waals surface area contributed by atoms with Crippen LogP contribution in [0.4, 0.5) is 4.79 Å². The van der Waals surface area contributed by atoms with E-state index in [4.69, 9.17) is 4.74 Å². The summed E-state index contributed by atoms with van der Waals surface area (Å²) in [5.41, 5.74) is 0. The monoisotopic (exact) mass is 210 g/mol. The van der Waals surface area contributed by atoms with Gasteiger partial charge in [-0.1, -0.05) is 12.2 Å². The lowest BCUT2D eigenvalue weighted by molar-refractivity contribution is 0.142. The van der Waals surface area contributed by atoms with Crippen molar-refractivity contribution >= 4 is 6.09 Å². The second kappa shape index (κ2) is 4.66. The van der Waals surface area contributed by atoms with Gasteiger partial charge in [0.25, 0.3) is 0 Å². The third-order valence-corrected chi connectivity index (χ3v) is 3.18. The zero-order valence-corrected chi connectivity index (χ0v) is 9.03. The van der Waals surface area contributed by atoms with Crippen molar-refractivity contribution in [3.8, 4) is 0 Å². The standard InChI is InChI=1S/C11H18N2O2/c1-2-15-11(14)13-10-5-3-4-8-6-12-7-9(8)10/h3-4,8-10,12H,2,5-7H2,1H3,(H,13,14)/t8-,9-,10-/m1/s1. The van der Waals surface area contributed by atoms with Gasteiger partial charge >= 0.3 is 6.09 Å². The predicted molar refractivity (Wildman–Crippen MR) is 57.6 cm³/mol. The molecule has 15 heavy (non-hydrogen) atoms. The maximum Gasteiger partial charge on any atom is 0.407 e. The van der Waals surface area contributed by atoms with Crippen molar-refractivity contribution in [1.82, 2.24) is 10.6 Å². The summed E-state index contributed by atoms with van der Waals surface area (Å²) < 4.78 is 4.90. The molecule has 1 saturated heterocycles. The average Bonchev–Trinajstić information content (AvgIpc) is 2.67. The van der Waals surface area contributed by atoms with Gasteiger partial charge in [0.2, 0.25) is 0 Å². The Bertz CT molecular complexity index is 265. The highest BCUT2D eigenvalue weighted by atomic mass is 16.5. The first-order valence-corrected chi connectivity index (χ1v) is 5.62. The molecule has 4 nitrogen and oxygen atoms in total. The molecule has 3 atom stereocenters. The fourth-order valence-electron chi connectivity index (χ4n) is 2.44. The number of amides is 1. The molecule has 1 aliphatic carbocycles. The first-order valence-electron chi connectivity index (χ1n) is 5.62. The summed E-state index contributed by atoms with van der Waals surface area (Å²) in [5, 5.41) is 6.29. The Hall–Kier alpha value is -1.03. The van der Waals surface area contributed by atoms with E-state index in [1.54, 1.807) is 0 Å². The minimum absolute atomic E-state index is 0.231. The van der Waals surface area contributed by atoms with Crippen molar-refractivity contribution in [3.05, 3.63) is 12.2 Å². The quantitative estimate of drug-likeness (QED) is 0.666. The summed E-state index contributed by atoms with van der Waals surface area (Å²) in [5.74, 6) is 1.10. The van der Waals surface area contributed by atoms with Crippen molar-refractivity contribution < 1.29 is 9.53 Å². The van der Waals surface area contributed by atoms with Crippen molar-refractivity contribution in [2.75, 3.05) is 19.7 Å². The van der Waals surface area contributed by atoms with Crippen LogP contribution in [0, 0.1) is 11.8 Å². The van der Waals surface area contributed by atoms with Crippen LogP contribution in [0.1, 0.15) is 13.3 Å². The Balaban J connectivity index is 1.91. The lowest BCUT2D eigenvalue weighted by Crippen LogP contribution is -2.44. The van der Waals surface area contributed by atoms with Crippen LogP contribution < -0.4 is 10.6 Å². The van der Waals surface area contributed by atoms with E-state index < -0.39 is 0 Å². The average molecular weight is 210 g/mol. The Kier molecular flexibility index (Phi) is 3.26. The summed E-state index contributed by atoms with van der Waals surface area (Å²) in [6.45, 7) is 4.27. The molecule has 2 rings (SSSR count). The van der Waals surface area contributed by atoms with Gasteiger partial charge in [0.1, 0.15) is 0 Å². The first-order chi connectivity index (χ1) is 7.31. The van der Waals surface area contributed by atoms with Crippen LogP contribution in [0.25, 0.3) is 0 Å². The molecule has 4 heteroatoms. The van der Waals surface area contributed by atoms with E-state index in [1.165, 1.54) is 0 Å². The molecule has 0 unspecified atom stereocenters. The van der Waals surface area contributed by atoms with E-state index in [0.29, 0.717) is 18.4 Å². The molecule has 1 fully saturated rings. The number of alkyl carbamates (subject to hydrolysis) is 1. The summed E-state index contributed by atoms with van der Waals surface area (Å²) in [6.07, 6.45) is 5.05. The van der Waals surface area contributed by atoms with Crippen LogP contribution in [0.2, 0.25) is 0 Å². The second-order valence-electron chi connectivity index (χ2n) is 4.12. The second-order valence-corrected chi connectivity index (χ2v) is 4.12. The summed E-state index contributed by atoms with van der Waals surface area (Å²) >= 11 is 0. The van der Waals surface area contributed by atoms with Gasteiger partial charge in [-0.2, -0.15) is 0 Å². The van der Waals surface area contributed by atoms with E-state index in [1.807, 2.05) is 6.92 Å². The molecule has 2 aliphatic rings. The van der Waals surface area contributed by atoms with Crippen LogP contribution in [0.15, 0.2) is 12.2 Å². The first kappa shape index (κ1) is 10.5. The summed E-state index contributed by atoms with van der Waals surface area (Å²) in [7, 11) is 0. The van der Waals surface area contributed by atoms with Gasteiger partial charge in [-0.25, -0.2) is 4.79 Å². The molecule has 1 aliphatic heterocycles. The molecular formula is C11H18N2O2. The third-order valence-electron chi connectivity index (χ3n) is 3.18. The van der Waals surface area contributed by atoms with Gasteiger partial charge in [0.05, 0.1) is 6.61 Å². The third kappa shape index (κ3) is 2.31. The highest BCUT2D eigenvalue weighted by molar-refractivity contribution is 5.67. The molecule has 0 aromatic carbocycles. The minimum Gasteiger partial charge on any atom is -0.450 e. The summed E-state index contributed by atoms with van der Waals surface area (Å²) in [6, 6.07) is 0.231. The van der Waals surface area contributed by atoms with Crippen LogP contribution >= 0.6 is 0 Å². The Labute approximate surface area is 90.1 Å². The SMILES string of the molecule is CCOC(=O)N[C@@H]1CC=C[C@@H]2CNC[C@H]21. The Morgan fingerprint density at radius 2 is 2.47 bits per heavy atom. The molecule has 0 aromatic rings. The minimum atomic E-state index is -0.288. The van der Waals surface area contributed by atoms with Gasteiger partial charge < -0.3 is 15.4 Å². The van der Waals surface area contributed by atoms with Gasteiger partial charge in [-0.15, -0.1) is 0 Å². The number of nitrogens with one attached hydrogen (secondary N) is 2. The molecule has 84 valence electrons. The molecular weight excluding hydrogens is 192 g/mol. The zero-order valence-electron chi connectivity index (χ0n) is 9.03. The van der Waals surface area contributed by atoms with Gasteiger partial charge in [0, 0.05) is 19.1 Å². The fourth-order valence-corrected chi connectivity index (χ4v) is 2.44. The Morgan fingerprint density at radius 3 is 3.27 bits per heavy atom. The topological polar surface area (TPSA) is 50.4 Å². The fraction of sp³-hybridized carbons (Fsp3) is 0.727. The molecule has 2 N–H and O–H groups in total. The number of carbonyl (C=O) groups excluding carboxylic acids is 1. The predicted octanol–water partition coefficient (Wildman–Crippen LogP) is 0.897. The number of ether oxygens (including phenoxy) is 1. The Morgan fingerprint density at radius 1 is 1.60 bits per heavy atom. The van der Waals surface area contributed by atoms with Crippen LogP contribution in [-0.4, -0.2) is 31.8 Å². The normalized spacial score (nSPS) is 33.5. The van der Waals surface area contributed by atoms with Crippen molar-refractivity contribution in [3.63, 3.8) is 0 Å². The van der Waals surface area contributed by atoms with Gasteiger partial charge in [0.15, 0.2) is 0 Å². The van der Waals surface area contributed by atoms with E-state index in [2.05, 4.69) is 22.8 Å². The molecule has 1 amide bonds. The molecule has 0 bridgehead atoms. The number of carbonyl (C=O) groups is 1. The number of fused-ring (bicyclic) bond motifs is 1. The molecule has 0 spiro atoms.